The van der Waals surface area contributed by atoms with Crippen LogP contribution in [0.5, 0.6) is 0 Å². The van der Waals surface area contributed by atoms with E-state index in [1.54, 1.807) is 63.7 Å². The third kappa shape index (κ3) is 7.32. The van der Waals surface area contributed by atoms with Crippen molar-refractivity contribution in [3.8, 4) is 0 Å². The van der Waals surface area contributed by atoms with Gasteiger partial charge in [0.2, 0.25) is 0 Å². The van der Waals surface area contributed by atoms with Crippen molar-refractivity contribution >= 4 is 70.4 Å². The van der Waals surface area contributed by atoms with E-state index in [-0.39, 0.29) is 22.3 Å². The van der Waals surface area contributed by atoms with Crippen LogP contribution in [-0.4, -0.2) is 75.1 Å². The lowest BCUT2D eigenvalue weighted by Crippen LogP contribution is -2.29. The van der Waals surface area contributed by atoms with Crippen molar-refractivity contribution in [2.75, 3.05) is 0 Å². The van der Waals surface area contributed by atoms with Crippen LogP contribution in [0.2, 0.25) is 0 Å². The van der Waals surface area contributed by atoms with Crippen molar-refractivity contribution in [2.45, 2.75) is 13.1 Å². The van der Waals surface area contributed by atoms with Crippen molar-refractivity contribution in [3.63, 3.8) is 0 Å². The van der Waals surface area contributed by atoms with E-state index in [9.17, 15) is 29.8 Å². The number of benzene rings is 4. The Morgan fingerprint density at radius 1 is 0.680 bits per heavy atom. The van der Waals surface area contributed by atoms with Gasteiger partial charge >= 0.3 is 19.9 Å². The Morgan fingerprint density at radius 3 is 1.64 bits per heavy atom. The molecule has 0 atom stereocenters. The van der Waals surface area contributed by atoms with Crippen LogP contribution in [0, 0.1) is 20.2 Å². The zero-order valence-electron chi connectivity index (χ0n) is 25.7. The number of imidazole rings is 2. The molecule has 2 amide bonds. The van der Waals surface area contributed by atoms with Gasteiger partial charge in [-0.05, 0) is 40.3 Å². The lowest BCUT2D eigenvalue weighted by atomic mass is 9.80. The second-order valence-electron chi connectivity index (χ2n) is 10.9. The number of amides is 2. The number of primary amides is 2. The van der Waals surface area contributed by atoms with Crippen molar-refractivity contribution in [3.05, 3.63) is 128 Å². The lowest BCUT2D eigenvalue weighted by molar-refractivity contribution is -0.385. The van der Waals surface area contributed by atoms with Gasteiger partial charge in [0.1, 0.15) is 11.1 Å². The summed E-state index contributed by atoms with van der Waals surface area (Å²) in [6.07, 6.45) is 2.95. The number of rotatable bonds is 10. The molecule has 0 radical (unpaired) electrons. The van der Waals surface area contributed by atoms with Gasteiger partial charge < -0.3 is 40.7 Å². The average Bonchev–Trinajstić information content (AvgIpc) is 3.67. The first-order chi connectivity index (χ1) is 23.7. The Balaban J connectivity index is 0.000000194. The lowest BCUT2D eigenvalue weighted by Gasteiger charge is -2.07. The summed E-state index contributed by atoms with van der Waals surface area (Å²) in [7, 11) is -3.09. The fourth-order valence-corrected chi connectivity index (χ4v) is 5.18. The highest BCUT2D eigenvalue weighted by Gasteiger charge is 2.25. The molecule has 0 unspecified atom stereocenters. The number of hydrogen-bond acceptors (Lipinski definition) is 12. The molecule has 2 heterocycles. The Kier molecular flexibility index (Phi) is 9.99. The number of nitrogens with two attached hydrogens (primary N) is 2. The molecule has 20 heteroatoms. The molecule has 4 aromatic carbocycles. The summed E-state index contributed by atoms with van der Waals surface area (Å²) < 4.78 is 3.38. The van der Waals surface area contributed by atoms with Gasteiger partial charge in [-0.1, -0.05) is 48.5 Å². The maximum Gasteiger partial charge on any atom is 0.488 e. The van der Waals surface area contributed by atoms with Crippen LogP contribution in [-0.2, 0) is 13.1 Å². The molecule has 6 aromatic rings. The molecule has 0 fully saturated rings. The first-order valence-electron chi connectivity index (χ1n) is 14.5. The molecular formula is C30H26B2N8O10. The van der Waals surface area contributed by atoms with Gasteiger partial charge in [0, 0.05) is 19.2 Å². The molecule has 0 aliphatic carbocycles. The molecule has 18 nitrogen and oxygen atoms in total. The van der Waals surface area contributed by atoms with E-state index >= 15 is 0 Å². The zero-order valence-corrected chi connectivity index (χ0v) is 25.7. The van der Waals surface area contributed by atoms with Crippen LogP contribution in [0.25, 0.3) is 22.1 Å². The van der Waals surface area contributed by atoms with E-state index in [1.165, 1.54) is 30.9 Å². The number of nitro benzene ring substituents is 2. The number of nitro groups is 2. The standard InChI is InChI=1S/2C15H13BN4O5/c17-15(21)11-5-12-14(6-13(11)20(24)25)19(8-18-12)7-9-1-3-10(4-2-9)16(22)23;17-15(21)11-5-6-12-13(14(11)20(24)25)18-8-19(12)7-9-1-3-10(4-2-9)16(22)23/h2*1-6,8,22-23H,7H2,(H2,17,21). The maximum absolute atomic E-state index is 11.4. The molecule has 0 aliphatic heterocycles. The highest BCUT2D eigenvalue weighted by atomic mass is 16.6. The summed E-state index contributed by atoms with van der Waals surface area (Å²) in [6, 6.07) is 18.6. The number of carbonyl (C=O) groups is 2. The Morgan fingerprint density at radius 2 is 1.18 bits per heavy atom. The first kappa shape index (κ1) is 34.9. The summed E-state index contributed by atoms with van der Waals surface area (Å²) in [5.41, 5.74) is 13.1. The largest absolute Gasteiger partial charge is 0.488 e. The van der Waals surface area contributed by atoms with E-state index in [4.69, 9.17) is 31.6 Å². The van der Waals surface area contributed by atoms with Crippen molar-refractivity contribution in [1.82, 2.24) is 19.1 Å². The SMILES string of the molecule is NC(=O)c1cc2ncn(Cc3ccc(B(O)O)cc3)c2cc1[N+](=O)[O-].NC(=O)c1ccc2c(ncn2Cc2ccc(B(O)O)cc2)c1[N+](=O)[O-]. The molecule has 0 bridgehead atoms. The van der Waals surface area contributed by atoms with Crippen LogP contribution in [0.3, 0.4) is 0 Å². The predicted octanol–water partition coefficient (Wildman–Crippen LogP) is -0.457. The molecule has 0 spiro atoms. The molecule has 0 aliphatic rings. The highest BCUT2D eigenvalue weighted by molar-refractivity contribution is 6.58. The minimum absolute atomic E-state index is 0.0868. The van der Waals surface area contributed by atoms with Crippen LogP contribution in [0.1, 0.15) is 31.8 Å². The van der Waals surface area contributed by atoms with Crippen molar-refractivity contribution in [1.29, 1.82) is 0 Å². The third-order valence-corrected chi connectivity index (χ3v) is 7.68. The Bertz CT molecular complexity index is 2190. The van der Waals surface area contributed by atoms with Crippen LogP contribution in [0.4, 0.5) is 11.4 Å². The normalized spacial score (nSPS) is 10.8. The van der Waals surface area contributed by atoms with Crippen LogP contribution < -0.4 is 22.4 Å². The van der Waals surface area contributed by atoms with Crippen molar-refractivity contribution < 1.29 is 39.5 Å². The fraction of sp³-hybridized carbons (Fsp3) is 0.0667. The Labute approximate surface area is 281 Å². The van der Waals surface area contributed by atoms with Gasteiger partial charge in [-0.2, -0.15) is 0 Å². The average molecular weight is 680 g/mol. The van der Waals surface area contributed by atoms with E-state index < -0.39 is 41.6 Å². The second-order valence-corrected chi connectivity index (χ2v) is 10.9. The van der Waals surface area contributed by atoms with Gasteiger partial charge in [0.05, 0.1) is 39.1 Å². The van der Waals surface area contributed by atoms with Crippen LogP contribution >= 0.6 is 0 Å². The summed E-state index contributed by atoms with van der Waals surface area (Å²) in [6.45, 7) is 0.733. The summed E-state index contributed by atoms with van der Waals surface area (Å²) in [4.78, 5) is 52.2. The van der Waals surface area contributed by atoms with Crippen LogP contribution in [0.15, 0.2) is 85.5 Å². The number of nitrogens with zero attached hydrogens (tertiary/aromatic N) is 6. The van der Waals surface area contributed by atoms with E-state index in [0.29, 0.717) is 40.6 Å². The summed E-state index contributed by atoms with van der Waals surface area (Å²) >= 11 is 0. The number of aromatic nitrogens is 4. The van der Waals surface area contributed by atoms with Gasteiger partial charge in [0.15, 0.2) is 5.52 Å². The van der Waals surface area contributed by atoms with E-state index in [2.05, 4.69) is 9.97 Å². The van der Waals surface area contributed by atoms with Gasteiger partial charge in [-0.3, -0.25) is 29.8 Å². The molecule has 50 heavy (non-hydrogen) atoms. The second kappa shape index (κ2) is 14.3. The van der Waals surface area contributed by atoms with E-state index in [0.717, 1.165) is 11.1 Å². The van der Waals surface area contributed by atoms with E-state index in [1.807, 2.05) is 0 Å². The quantitative estimate of drug-likeness (QED) is 0.0609. The number of hydrogen-bond donors (Lipinski definition) is 6. The molecule has 6 rings (SSSR count). The topological polar surface area (TPSA) is 289 Å². The summed E-state index contributed by atoms with van der Waals surface area (Å²) in [5, 5.41) is 58.9. The number of carbonyl (C=O) groups excluding carboxylic acids is 2. The highest BCUT2D eigenvalue weighted by Crippen LogP contribution is 2.29. The number of fused-ring (bicyclic) bond motifs is 2. The van der Waals surface area contributed by atoms with Crippen molar-refractivity contribution in [2.24, 2.45) is 11.5 Å². The predicted molar refractivity (Wildman–Crippen MR) is 181 cm³/mol. The van der Waals surface area contributed by atoms with Gasteiger partial charge in [0.25, 0.3) is 17.5 Å². The fourth-order valence-electron chi connectivity index (χ4n) is 5.18. The first-order valence-corrected chi connectivity index (χ1v) is 14.5. The molecule has 252 valence electrons. The molecule has 0 saturated heterocycles. The molecule has 2 aromatic heterocycles. The minimum Gasteiger partial charge on any atom is -0.423 e. The monoisotopic (exact) mass is 680 g/mol. The molecular weight excluding hydrogens is 654 g/mol. The third-order valence-electron chi connectivity index (χ3n) is 7.68. The summed E-state index contributed by atoms with van der Waals surface area (Å²) in [5.74, 6) is -1.78. The minimum atomic E-state index is -1.54. The molecule has 0 saturated carbocycles. The van der Waals surface area contributed by atoms with Gasteiger partial charge in [-0.25, -0.2) is 9.97 Å². The Hall–Kier alpha value is -6.47. The maximum atomic E-state index is 11.4. The molecule has 8 N–H and O–H groups in total. The zero-order chi connectivity index (χ0) is 36.3. The van der Waals surface area contributed by atoms with Gasteiger partial charge in [-0.15, -0.1) is 0 Å². The smallest absolute Gasteiger partial charge is 0.423 e.